The van der Waals surface area contributed by atoms with Gasteiger partial charge in [0, 0.05) is 15.7 Å². The predicted octanol–water partition coefficient (Wildman–Crippen LogP) is 3.78. The summed E-state index contributed by atoms with van der Waals surface area (Å²) in [6, 6.07) is 4.17. The second-order valence-electron chi connectivity index (χ2n) is 6.41. The Bertz CT molecular complexity index is 402. The lowest BCUT2D eigenvalue weighted by atomic mass is 9.60. The average molecular weight is 236 g/mol. The molecule has 0 radical (unpaired) electrons. The lowest BCUT2D eigenvalue weighted by molar-refractivity contribution is -0.148. The maximum atomic E-state index is 11.3. The molecular weight excluding hydrogens is 216 g/mol. The molecule has 0 amide bonds. The number of rotatable bonds is 1. The highest BCUT2D eigenvalue weighted by Crippen LogP contribution is 2.72. The minimum absolute atomic E-state index is 0.0187. The summed E-state index contributed by atoms with van der Waals surface area (Å²) in [6.07, 6.45) is 3.65. The Balaban J connectivity index is 2.19. The van der Waals surface area contributed by atoms with E-state index in [0.29, 0.717) is 5.92 Å². The fourth-order valence-corrected chi connectivity index (χ4v) is 5.50. The summed E-state index contributed by atoms with van der Waals surface area (Å²) in [7, 11) is 0. The van der Waals surface area contributed by atoms with Crippen LogP contribution in [0, 0.1) is 16.7 Å². The molecule has 1 aromatic rings. The zero-order valence-corrected chi connectivity index (χ0v) is 11.1. The van der Waals surface area contributed by atoms with Crippen LogP contribution in [0.5, 0.6) is 0 Å². The van der Waals surface area contributed by atoms with E-state index in [-0.39, 0.29) is 10.8 Å². The van der Waals surface area contributed by atoms with Crippen LogP contribution in [0.15, 0.2) is 17.5 Å². The molecule has 1 heterocycles. The van der Waals surface area contributed by atoms with Crippen LogP contribution in [0.3, 0.4) is 0 Å². The van der Waals surface area contributed by atoms with Crippen LogP contribution in [-0.2, 0) is 5.60 Å². The Morgan fingerprint density at radius 2 is 2.12 bits per heavy atom. The van der Waals surface area contributed by atoms with Gasteiger partial charge in [-0.05, 0) is 36.6 Å². The molecule has 2 fully saturated rings. The lowest BCUT2D eigenvalue weighted by Gasteiger charge is -2.50. The standard InChI is InChI=1S/C14H20OS/c1-12(2)10-6-7-13(3,9-10)14(12,15)11-5-4-8-16-11/h4-5,8,10,15H,6-7,9H2,1-3H3. The smallest absolute Gasteiger partial charge is 0.109 e. The normalized spacial score (nSPS) is 45.1. The van der Waals surface area contributed by atoms with Crippen LogP contribution >= 0.6 is 11.3 Å². The summed E-state index contributed by atoms with van der Waals surface area (Å²) in [5.74, 6) is 0.685. The fourth-order valence-electron chi connectivity index (χ4n) is 4.36. The van der Waals surface area contributed by atoms with E-state index in [0.717, 1.165) is 0 Å². The van der Waals surface area contributed by atoms with Gasteiger partial charge in [-0.3, -0.25) is 0 Å². The molecular formula is C14H20OS. The topological polar surface area (TPSA) is 20.2 Å². The van der Waals surface area contributed by atoms with Gasteiger partial charge in [0.15, 0.2) is 0 Å². The molecule has 2 heteroatoms. The molecule has 1 nitrogen and oxygen atoms in total. The second kappa shape index (κ2) is 2.91. The van der Waals surface area contributed by atoms with E-state index in [9.17, 15) is 5.11 Å². The third-order valence-electron chi connectivity index (χ3n) is 5.45. The molecule has 3 rings (SSSR count). The molecule has 16 heavy (non-hydrogen) atoms. The maximum Gasteiger partial charge on any atom is 0.109 e. The Morgan fingerprint density at radius 1 is 1.38 bits per heavy atom. The van der Waals surface area contributed by atoms with E-state index in [1.807, 2.05) is 0 Å². The molecule has 1 aromatic heterocycles. The Hall–Kier alpha value is -0.340. The molecule has 2 saturated carbocycles. The summed E-state index contributed by atoms with van der Waals surface area (Å²) in [4.78, 5) is 1.17. The van der Waals surface area contributed by atoms with Crippen LogP contribution in [0.25, 0.3) is 0 Å². The summed E-state index contributed by atoms with van der Waals surface area (Å²) >= 11 is 1.71. The zero-order chi connectivity index (χ0) is 11.6. The summed E-state index contributed by atoms with van der Waals surface area (Å²) in [5, 5.41) is 13.4. The first-order valence-corrected chi connectivity index (χ1v) is 7.06. The van der Waals surface area contributed by atoms with Gasteiger partial charge in [-0.15, -0.1) is 11.3 Å². The fraction of sp³-hybridized carbons (Fsp3) is 0.714. The van der Waals surface area contributed by atoms with E-state index in [1.165, 1.54) is 24.1 Å². The number of thiophene rings is 1. The molecule has 0 saturated heterocycles. The number of hydrogen-bond donors (Lipinski definition) is 1. The zero-order valence-electron chi connectivity index (χ0n) is 10.3. The molecule has 88 valence electrons. The highest BCUT2D eigenvalue weighted by atomic mass is 32.1. The van der Waals surface area contributed by atoms with Crippen molar-refractivity contribution in [2.24, 2.45) is 16.7 Å². The van der Waals surface area contributed by atoms with Crippen molar-refractivity contribution in [2.75, 3.05) is 0 Å². The third-order valence-corrected chi connectivity index (χ3v) is 6.42. The third kappa shape index (κ3) is 0.964. The van der Waals surface area contributed by atoms with Gasteiger partial charge in [0.2, 0.25) is 0 Å². The summed E-state index contributed by atoms with van der Waals surface area (Å²) < 4.78 is 0. The van der Waals surface area contributed by atoms with Gasteiger partial charge in [0.1, 0.15) is 5.60 Å². The molecule has 2 aliphatic carbocycles. The van der Waals surface area contributed by atoms with E-state index in [1.54, 1.807) is 11.3 Å². The minimum Gasteiger partial charge on any atom is -0.383 e. The van der Waals surface area contributed by atoms with Gasteiger partial charge in [-0.2, -0.15) is 0 Å². The number of aliphatic hydroxyl groups is 1. The highest BCUT2D eigenvalue weighted by Gasteiger charge is 2.69. The van der Waals surface area contributed by atoms with Crippen molar-refractivity contribution in [2.45, 2.75) is 45.6 Å². The van der Waals surface area contributed by atoms with E-state index < -0.39 is 5.60 Å². The van der Waals surface area contributed by atoms with Crippen molar-refractivity contribution >= 4 is 11.3 Å². The monoisotopic (exact) mass is 236 g/mol. The van der Waals surface area contributed by atoms with Crippen LogP contribution in [0.1, 0.15) is 44.9 Å². The first-order chi connectivity index (χ1) is 7.42. The molecule has 0 aromatic carbocycles. The van der Waals surface area contributed by atoms with Crippen molar-refractivity contribution in [3.63, 3.8) is 0 Å². The molecule has 3 atom stereocenters. The molecule has 0 spiro atoms. The molecule has 2 bridgehead atoms. The first-order valence-electron chi connectivity index (χ1n) is 6.18. The van der Waals surface area contributed by atoms with Crippen LogP contribution in [0.2, 0.25) is 0 Å². The maximum absolute atomic E-state index is 11.3. The van der Waals surface area contributed by atoms with E-state index in [4.69, 9.17) is 0 Å². The van der Waals surface area contributed by atoms with E-state index in [2.05, 4.69) is 38.3 Å². The Kier molecular flexibility index (Phi) is 1.96. The van der Waals surface area contributed by atoms with Crippen molar-refractivity contribution in [3.8, 4) is 0 Å². The molecule has 1 N–H and O–H groups in total. The van der Waals surface area contributed by atoms with Gasteiger partial charge in [-0.25, -0.2) is 0 Å². The van der Waals surface area contributed by atoms with Crippen molar-refractivity contribution in [3.05, 3.63) is 22.4 Å². The number of fused-ring (bicyclic) bond motifs is 2. The molecule has 3 unspecified atom stereocenters. The summed E-state index contributed by atoms with van der Waals surface area (Å²) in [5.41, 5.74) is -0.506. The van der Waals surface area contributed by atoms with Gasteiger partial charge >= 0.3 is 0 Å². The van der Waals surface area contributed by atoms with Crippen molar-refractivity contribution in [1.29, 1.82) is 0 Å². The SMILES string of the molecule is CC12CCC(C1)C(C)(C)C2(O)c1cccs1. The molecule has 0 aliphatic heterocycles. The number of hydrogen-bond acceptors (Lipinski definition) is 2. The minimum atomic E-state index is -0.614. The van der Waals surface area contributed by atoms with Crippen LogP contribution < -0.4 is 0 Å². The first kappa shape index (κ1) is 10.8. The van der Waals surface area contributed by atoms with Gasteiger partial charge in [0.25, 0.3) is 0 Å². The van der Waals surface area contributed by atoms with Crippen molar-refractivity contribution < 1.29 is 5.11 Å². The van der Waals surface area contributed by atoms with Gasteiger partial charge < -0.3 is 5.11 Å². The largest absolute Gasteiger partial charge is 0.383 e. The van der Waals surface area contributed by atoms with Crippen LogP contribution in [-0.4, -0.2) is 5.11 Å². The van der Waals surface area contributed by atoms with E-state index >= 15 is 0 Å². The second-order valence-corrected chi connectivity index (χ2v) is 7.36. The highest BCUT2D eigenvalue weighted by molar-refractivity contribution is 7.10. The van der Waals surface area contributed by atoms with Crippen LogP contribution in [0.4, 0.5) is 0 Å². The van der Waals surface area contributed by atoms with Gasteiger partial charge in [0.05, 0.1) is 0 Å². The lowest BCUT2D eigenvalue weighted by Crippen LogP contribution is -2.50. The Labute approximate surface area is 102 Å². The quantitative estimate of drug-likeness (QED) is 0.786. The predicted molar refractivity (Wildman–Crippen MR) is 67.4 cm³/mol. The summed E-state index contributed by atoms with van der Waals surface area (Å²) in [6.45, 7) is 6.78. The molecule has 2 aliphatic rings. The average Bonchev–Trinajstić information content (AvgIpc) is 2.86. The Morgan fingerprint density at radius 3 is 2.62 bits per heavy atom. The van der Waals surface area contributed by atoms with Crippen molar-refractivity contribution in [1.82, 2.24) is 0 Å². The van der Waals surface area contributed by atoms with Gasteiger partial charge in [-0.1, -0.05) is 26.8 Å².